The summed E-state index contributed by atoms with van der Waals surface area (Å²) in [6, 6.07) is 10.5. The SMILES string of the molecule is O=C(c1ccc(-c2ccc(Cl)cc2F)cc1)N1CCN(C(=O)C2(O)CC2)C(CO)C1. The average molecular weight is 433 g/mol. The zero-order valence-corrected chi connectivity index (χ0v) is 17.0. The Kier molecular flexibility index (Phi) is 5.53. The van der Waals surface area contributed by atoms with Crippen LogP contribution < -0.4 is 0 Å². The maximum atomic E-state index is 14.1. The van der Waals surface area contributed by atoms with Crippen molar-refractivity contribution >= 4 is 23.4 Å². The quantitative estimate of drug-likeness (QED) is 0.777. The zero-order valence-electron chi connectivity index (χ0n) is 16.2. The molecule has 1 aliphatic carbocycles. The van der Waals surface area contributed by atoms with E-state index in [9.17, 15) is 24.2 Å². The predicted molar refractivity (Wildman–Crippen MR) is 110 cm³/mol. The molecule has 2 aromatic rings. The first-order valence-electron chi connectivity index (χ1n) is 9.81. The van der Waals surface area contributed by atoms with E-state index in [1.54, 1.807) is 41.3 Å². The van der Waals surface area contributed by atoms with Gasteiger partial charge in [0.1, 0.15) is 11.4 Å². The first-order valence-corrected chi connectivity index (χ1v) is 10.2. The highest BCUT2D eigenvalue weighted by Gasteiger charge is 2.52. The van der Waals surface area contributed by atoms with Crippen LogP contribution in [-0.4, -0.2) is 69.7 Å². The predicted octanol–water partition coefficient (Wildman–Crippen LogP) is 2.32. The van der Waals surface area contributed by atoms with E-state index in [4.69, 9.17) is 11.6 Å². The van der Waals surface area contributed by atoms with Gasteiger partial charge in [-0.25, -0.2) is 4.39 Å². The molecule has 4 rings (SSSR count). The Morgan fingerprint density at radius 1 is 1.13 bits per heavy atom. The molecule has 0 spiro atoms. The van der Waals surface area contributed by atoms with Crippen LogP contribution in [0.2, 0.25) is 5.02 Å². The van der Waals surface area contributed by atoms with Crippen molar-refractivity contribution in [2.45, 2.75) is 24.5 Å². The smallest absolute Gasteiger partial charge is 0.254 e. The topological polar surface area (TPSA) is 81.1 Å². The molecule has 6 nitrogen and oxygen atoms in total. The normalized spacial score (nSPS) is 20.2. The molecule has 1 saturated heterocycles. The second-order valence-electron chi connectivity index (χ2n) is 7.82. The summed E-state index contributed by atoms with van der Waals surface area (Å²) in [4.78, 5) is 28.4. The average Bonchev–Trinajstić information content (AvgIpc) is 3.51. The highest BCUT2D eigenvalue weighted by Crippen LogP contribution is 2.37. The van der Waals surface area contributed by atoms with Gasteiger partial charge >= 0.3 is 0 Å². The number of hydrogen-bond acceptors (Lipinski definition) is 4. The monoisotopic (exact) mass is 432 g/mol. The summed E-state index contributed by atoms with van der Waals surface area (Å²) >= 11 is 5.79. The zero-order chi connectivity index (χ0) is 21.5. The molecule has 0 aromatic heterocycles. The molecule has 1 unspecified atom stereocenters. The molecule has 2 amide bonds. The Morgan fingerprint density at radius 3 is 2.43 bits per heavy atom. The molecule has 0 radical (unpaired) electrons. The van der Waals surface area contributed by atoms with Gasteiger partial charge in [-0.2, -0.15) is 0 Å². The van der Waals surface area contributed by atoms with Crippen LogP contribution in [0.25, 0.3) is 11.1 Å². The van der Waals surface area contributed by atoms with Gasteiger partial charge in [-0.1, -0.05) is 23.7 Å². The maximum absolute atomic E-state index is 14.1. The molecule has 2 fully saturated rings. The number of piperazine rings is 1. The fraction of sp³-hybridized carbons (Fsp3) is 0.364. The largest absolute Gasteiger partial charge is 0.394 e. The number of carbonyl (C=O) groups excluding carboxylic acids is 2. The number of halogens is 2. The van der Waals surface area contributed by atoms with Crippen molar-refractivity contribution in [2.75, 3.05) is 26.2 Å². The standard InChI is InChI=1S/C22H22ClFN2O4/c23-16-5-6-18(19(24)11-16)14-1-3-15(4-2-14)20(28)25-9-10-26(17(12-25)13-27)21(29)22(30)7-8-22/h1-6,11,17,27,30H,7-10,12-13H2. The Bertz CT molecular complexity index is 978. The summed E-state index contributed by atoms with van der Waals surface area (Å²) in [5.74, 6) is -1.04. The van der Waals surface area contributed by atoms with E-state index in [1.807, 2.05) is 0 Å². The summed E-state index contributed by atoms with van der Waals surface area (Å²) < 4.78 is 14.1. The number of amides is 2. The molecule has 158 valence electrons. The van der Waals surface area contributed by atoms with Gasteiger partial charge in [0.2, 0.25) is 0 Å². The number of hydrogen-bond donors (Lipinski definition) is 2. The van der Waals surface area contributed by atoms with Crippen LogP contribution in [0.5, 0.6) is 0 Å². The second kappa shape index (κ2) is 7.98. The van der Waals surface area contributed by atoms with Crippen LogP contribution in [0, 0.1) is 5.82 Å². The van der Waals surface area contributed by atoms with Gasteiger partial charge in [0.25, 0.3) is 11.8 Å². The molecule has 2 aliphatic rings. The number of carbonyl (C=O) groups is 2. The first kappa shape index (κ1) is 20.8. The minimum Gasteiger partial charge on any atom is -0.394 e. The van der Waals surface area contributed by atoms with E-state index in [-0.39, 0.29) is 31.5 Å². The summed E-state index contributed by atoms with van der Waals surface area (Å²) in [7, 11) is 0. The lowest BCUT2D eigenvalue weighted by Crippen LogP contribution is -2.60. The van der Waals surface area contributed by atoms with Crippen LogP contribution in [0.4, 0.5) is 4.39 Å². The lowest BCUT2D eigenvalue weighted by molar-refractivity contribution is -0.148. The van der Waals surface area contributed by atoms with E-state index in [0.29, 0.717) is 41.1 Å². The summed E-state index contributed by atoms with van der Waals surface area (Å²) in [6.07, 6.45) is 0.868. The minimum atomic E-state index is -1.30. The third-order valence-electron chi connectivity index (χ3n) is 5.74. The molecule has 8 heteroatoms. The second-order valence-corrected chi connectivity index (χ2v) is 8.26. The Labute approximate surface area is 178 Å². The Hall–Kier alpha value is -2.48. The molecular weight excluding hydrogens is 411 g/mol. The van der Waals surface area contributed by atoms with Crippen LogP contribution in [0.3, 0.4) is 0 Å². The molecule has 1 aliphatic heterocycles. The van der Waals surface area contributed by atoms with Gasteiger partial charge in [-0.3, -0.25) is 9.59 Å². The van der Waals surface area contributed by atoms with E-state index in [2.05, 4.69) is 0 Å². The van der Waals surface area contributed by atoms with E-state index in [0.717, 1.165) is 0 Å². The number of aliphatic hydroxyl groups excluding tert-OH is 1. The third kappa shape index (κ3) is 3.93. The van der Waals surface area contributed by atoms with Crippen molar-refractivity contribution in [3.05, 3.63) is 58.9 Å². The van der Waals surface area contributed by atoms with Gasteiger partial charge in [0, 0.05) is 35.8 Å². The van der Waals surface area contributed by atoms with Gasteiger partial charge < -0.3 is 20.0 Å². The van der Waals surface area contributed by atoms with Crippen molar-refractivity contribution < 1.29 is 24.2 Å². The molecule has 2 N–H and O–H groups in total. The number of benzene rings is 2. The fourth-order valence-corrected chi connectivity index (χ4v) is 3.92. The van der Waals surface area contributed by atoms with Crippen molar-refractivity contribution in [2.24, 2.45) is 0 Å². The van der Waals surface area contributed by atoms with Gasteiger partial charge in [-0.05, 0) is 48.7 Å². The number of aliphatic hydroxyl groups is 2. The highest BCUT2D eigenvalue weighted by atomic mass is 35.5. The minimum absolute atomic E-state index is 0.185. The highest BCUT2D eigenvalue weighted by molar-refractivity contribution is 6.30. The maximum Gasteiger partial charge on any atom is 0.254 e. The lowest BCUT2D eigenvalue weighted by atomic mass is 10.0. The van der Waals surface area contributed by atoms with Gasteiger partial charge in [-0.15, -0.1) is 0 Å². The van der Waals surface area contributed by atoms with Crippen molar-refractivity contribution in [1.29, 1.82) is 0 Å². The molecule has 0 bridgehead atoms. The molecular formula is C22H22ClFN2O4. The van der Waals surface area contributed by atoms with E-state index in [1.165, 1.54) is 11.0 Å². The lowest BCUT2D eigenvalue weighted by Gasteiger charge is -2.41. The van der Waals surface area contributed by atoms with Crippen molar-refractivity contribution in [3.63, 3.8) is 0 Å². The Balaban J connectivity index is 1.46. The molecule has 1 saturated carbocycles. The first-order chi connectivity index (χ1) is 14.3. The van der Waals surface area contributed by atoms with Crippen LogP contribution in [0.15, 0.2) is 42.5 Å². The van der Waals surface area contributed by atoms with Crippen LogP contribution in [-0.2, 0) is 4.79 Å². The molecule has 1 heterocycles. The van der Waals surface area contributed by atoms with Crippen LogP contribution >= 0.6 is 11.6 Å². The Morgan fingerprint density at radius 2 is 1.83 bits per heavy atom. The molecule has 30 heavy (non-hydrogen) atoms. The molecule has 1 atom stereocenters. The van der Waals surface area contributed by atoms with Gasteiger partial charge in [0.05, 0.1) is 12.6 Å². The summed E-state index contributed by atoms with van der Waals surface area (Å²) in [6.45, 7) is 0.460. The van der Waals surface area contributed by atoms with Crippen molar-refractivity contribution in [1.82, 2.24) is 9.80 Å². The number of nitrogens with zero attached hydrogens (tertiary/aromatic N) is 2. The number of rotatable bonds is 4. The van der Waals surface area contributed by atoms with Gasteiger partial charge in [0.15, 0.2) is 0 Å². The summed E-state index contributed by atoms with van der Waals surface area (Å²) in [5, 5.41) is 20.1. The van der Waals surface area contributed by atoms with Crippen LogP contribution in [0.1, 0.15) is 23.2 Å². The third-order valence-corrected chi connectivity index (χ3v) is 5.97. The summed E-state index contributed by atoms with van der Waals surface area (Å²) in [5.41, 5.74) is 0.156. The molecule has 2 aromatic carbocycles. The van der Waals surface area contributed by atoms with E-state index >= 15 is 0 Å². The van der Waals surface area contributed by atoms with E-state index < -0.39 is 17.5 Å². The fourth-order valence-electron chi connectivity index (χ4n) is 3.76. The van der Waals surface area contributed by atoms with Crippen molar-refractivity contribution in [3.8, 4) is 11.1 Å².